The number of carbonyl (C=O) groups excluding carboxylic acids is 1. The Kier molecular flexibility index (Phi) is 5.04. The van der Waals surface area contributed by atoms with E-state index in [0.29, 0.717) is 23.0 Å². The van der Waals surface area contributed by atoms with Gasteiger partial charge in [0.15, 0.2) is 0 Å². The Morgan fingerprint density at radius 1 is 1.16 bits per heavy atom. The van der Waals surface area contributed by atoms with Crippen molar-refractivity contribution < 1.29 is 22.0 Å². The van der Waals surface area contributed by atoms with Crippen molar-refractivity contribution in [2.24, 2.45) is 0 Å². The number of thioether (sulfide) groups is 1. The molecule has 0 saturated heterocycles. The van der Waals surface area contributed by atoms with Crippen molar-refractivity contribution >= 4 is 44.8 Å². The average Bonchev–Trinajstić information content (AvgIpc) is 2.60. The number of sulfone groups is 1. The first-order chi connectivity index (χ1) is 11.8. The third-order valence-corrected chi connectivity index (χ3v) is 6.37. The van der Waals surface area contributed by atoms with Crippen molar-refractivity contribution in [2.75, 3.05) is 17.2 Å². The summed E-state index contributed by atoms with van der Waals surface area (Å²) in [5.74, 6) is -3.13. The van der Waals surface area contributed by atoms with Crippen LogP contribution in [0.3, 0.4) is 0 Å². The maximum Gasteiger partial charge on any atom is 0.341 e. The minimum atomic E-state index is -4.68. The van der Waals surface area contributed by atoms with Gasteiger partial charge in [-0.05, 0) is 42.5 Å². The van der Waals surface area contributed by atoms with Crippen LogP contribution in [0.25, 0.3) is 0 Å². The predicted molar refractivity (Wildman–Crippen MR) is 93.5 cm³/mol. The molecule has 132 valence electrons. The molecule has 0 atom stereocenters. The Labute approximate surface area is 152 Å². The number of nitrogens with zero attached hydrogens (tertiary/aromatic N) is 1. The van der Waals surface area contributed by atoms with Gasteiger partial charge in [-0.25, -0.2) is 8.42 Å². The van der Waals surface area contributed by atoms with E-state index in [2.05, 4.69) is 0 Å². The van der Waals surface area contributed by atoms with Gasteiger partial charge in [0, 0.05) is 27.8 Å². The van der Waals surface area contributed by atoms with E-state index in [1.165, 1.54) is 12.1 Å². The maximum atomic E-state index is 12.7. The molecule has 0 radical (unpaired) electrons. The zero-order chi connectivity index (χ0) is 18.2. The Morgan fingerprint density at radius 3 is 2.48 bits per heavy atom. The van der Waals surface area contributed by atoms with Crippen LogP contribution >= 0.6 is 23.4 Å². The van der Waals surface area contributed by atoms with Gasteiger partial charge < -0.3 is 4.90 Å². The summed E-state index contributed by atoms with van der Waals surface area (Å²) in [5.41, 5.74) is 0.893. The zero-order valence-corrected chi connectivity index (χ0v) is 15.0. The molecule has 0 spiro atoms. The van der Waals surface area contributed by atoms with Crippen LogP contribution in [-0.4, -0.2) is 32.4 Å². The highest BCUT2D eigenvalue weighted by Crippen LogP contribution is 2.37. The van der Waals surface area contributed by atoms with Gasteiger partial charge in [-0.2, -0.15) is 8.78 Å². The van der Waals surface area contributed by atoms with Crippen LogP contribution in [0.5, 0.6) is 0 Å². The third-order valence-electron chi connectivity index (χ3n) is 3.69. The molecule has 3 rings (SSSR count). The fourth-order valence-corrected chi connectivity index (χ4v) is 4.31. The van der Waals surface area contributed by atoms with Crippen molar-refractivity contribution in [3.05, 3.63) is 53.1 Å². The van der Waals surface area contributed by atoms with E-state index in [0.717, 1.165) is 17.0 Å². The molecule has 9 heteroatoms. The van der Waals surface area contributed by atoms with Gasteiger partial charge in [0.1, 0.15) is 0 Å². The number of benzene rings is 2. The lowest BCUT2D eigenvalue weighted by molar-refractivity contribution is 0.0987. The van der Waals surface area contributed by atoms with Crippen molar-refractivity contribution in [2.45, 2.75) is 15.5 Å². The quantitative estimate of drug-likeness (QED) is 0.774. The normalized spacial score (nSPS) is 14.5. The molecular formula is C16H12ClF2NO3S2. The van der Waals surface area contributed by atoms with Crippen molar-refractivity contribution in [3.63, 3.8) is 0 Å². The van der Waals surface area contributed by atoms with Crippen LogP contribution in [-0.2, 0) is 9.84 Å². The third kappa shape index (κ3) is 3.51. The number of hydrogen-bond acceptors (Lipinski definition) is 4. The number of halogens is 3. The highest BCUT2D eigenvalue weighted by atomic mass is 35.5. The number of fused-ring (bicyclic) bond motifs is 1. The second-order valence-corrected chi connectivity index (χ2v) is 8.74. The minimum Gasteiger partial charge on any atom is -0.306 e. The minimum absolute atomic E-state index is 0.214. The van der Waals surface area contributed by atoms with E-state index in [4.69, 9.17) is 11.6 Å². The molecule has 0 fully saturated rings. The highest BCUT2D eigenvalue weighted by Gasteiger charge is 2.28. The van der Waals surface area contributed by atoms with Crippen LogP contribution in [0.1, 0.15) is 10.4 Å². The molecule has 1 amide bonds. The van der Waals surface area contributed by atoms with Crippen LogP contribution in [0, 0.1) is 0 Å². The summed E-state index contributed by atoms with van der Waals surface area (Å²) >= 11 is 7.62. The summed E-state index contributed by atoms with van der Waals surface area (Å²) in [6.45, 7) is 0.466. The van der Waals surface area contributed by atoms with Crippen LogP contribution < -0.4 is 4.90 Å². The van der Waals surface area contributed by atoms with Gasteiger partial charge in [-0.1, -0.05) is 11.6 Å². The fourth-order valence-electron chi connectivity index (χ4n) is 2.45. The van der Waals surface area contributed by atoms with Gasteiger partial charge in [0.05, 0.1) is 10.6 Å². The molecule has 1 aliphatic heterocycles. The molecule has 2 aromatic carbocycles. The fraction of sp³-hybridized carbons (Fsp3) is 0.188. The summed E-state index contributed by atoms with van der Waals surface area (Å²) in [7, 11) is -4.68. The number of rotatable bonds is 3. The lowest BCUT2D eigenvalue weighted by atomic mass is 10.1. The molecular weight excluding hydrogens is 392 g/mol. The molecule has 4 nitrogen and oxygen atoms in total. The van der Waals surface area contributed by atoms with Crippen molar-refractivity contribution in [1.29, 1.82) is 0 Å². The molecule has 0 saturated carbocycles. The Morgan fingerprint density at radius 2 is 1.84 bits per heavy atom. The van der Waals surface area contributed by atoms with E-state index < -0.39 is 20.5 Å². The van der Waals surface area contributed by atoms with Crippen LogP contribution in [0.4, 0.5) is 14.5 Å². The summed E-state index contributed by atoms with van der Waals surface area (Å²) < 4.78 is 48.1. The first-order valence-electron chi connectivity index (χ1n) is 7.17. The van der Waals surface area contributed by atoms with E-state index in [1.807, 2.05) is 6.07 Å². The van der Waals surface area contributed by atoms with Gasteiger partial charge in [-0.3, -0.25) is 4.79 Å². The van der Waals surface area contributed by atoms with E-state index in [1.54, 1.807) is 28.8 Å². The number of anilines is 1. The second-order valence-electron chi connectivity index (χ2n) is 5.25. The Balaban J connectivity index is 1.92. The standard InChI is InChI=1S/C16H12ClF2NO3S2/c17-11-3-6-14-13(9-11)20(7-8-24-14)15(21)10-1-4-12(5-2-10)25(22,23)16(18)19/h1-6,9,16H,7-8H2. The second kappa shape index (κ2) is 6.93. The van der Waals surface area contributed by atoms with Crippen LogP contribution in [0.2, 0.25) is 5.02 Å². The van der Waals surface area contributed by atoms with Crippen molar-refractivity contribution in [1.82, 2.24) is 0 Å². The smallest absolute Gasteiger partial charge is 0.306 e. The first kappa shape index (κ1) is 18.2. The molecule has 1 heterocycles. The van der Waals surface area contributed by atoms with Crippen LogP contribution in [0.15, 0.2) is 52.3 Å². The molecule has 1 aliphatic rings. The van der Waals surface area contributed by atoms with Gasteiger partial charge in [0.25, 0.3) is 5.91 Å². The summed E-state index contributed by atoms with van der Waals surface area (Å²) in [4.78, 5) is 14.7. The summed E-state index contributed by atoms with van der Waals surface area (Å²) in [5, 5.41) is 0.498. The number of carbonyl (C=O) groups is 1. The molecule has 0 N–H and O–H groups in total. The molecule has 0 unspecified atom stereocenters. The first-order valence-corrected chi connectivity index (χ1v) is 10.1. The lowest BCUT2D eigenvalue weighted by Gasteiger charge is -2.29. The average molecular weight is 404 g/mol. The highest BCUT2D eigenvalue weighted by molar-refractivity contribution is 7.99. The summed E-state index contributed by atoms with van der Waals surface area (Å²) in [6.07, 6.45) is 0. The lowest BCUT2D eigenvalue weighted by Crippen LogP contribution is -2.35. The van der Waals surface area contributed by atoms with Gasteiger partial charge >= 0.3 is 5.76 Å². The number of alkyl halides is 2. The molecule has 0 aliphatic carbocycles. The Bertz CT molecular complexity index is 917. The molecule has 2 aromatic rings. The van der Waals surface area contributed by atoms with E-state index >= 15 is 0 Å². The molecule has 0 aromatic heterocycles. The van der Waals surface area contributed by atoms with Gasteiger partial charge in [-0.15, -0.1) is 11.8 Å². The largest absolute Gasteiger partial charge is 0.341 e. The SMILES string of the molecule is O=C(c1ccc(S(=O)(=O)C(F)F)cc1)N1CCSc2ccc(Cl)cc21. The van der Waals surface area contributed by atoms with E-state index in [9.17, 15) is 22.0 Å². The topological polar surface area (TPSA) is 54.5 Å². The monoisotopic (exact) mass is 403 g/mol. The Hall–Kier alpha value is -1.64. The maximum absolute atomic E-state index is 12.7. The molecule has 0 bridgehead atoms. The zero-order valence-electron chi connectivity index (χ0n) is 12.7. The van der Waals surface area contributed by atoms with Crippen molar-refractivity contribution in [3.8, 4) is 0 Å². The van der Waals surface area contributed by atoms with Gasteiger partial charge in [0.2, 0.25) is 9.84 Å². The molecule has 25 heavy (non-hydrogen) atoms. The number of amides is 1. The van der Waals surface area contributed by atoms with E-state index in [-0.39, 0.29) is 11.5 Å². The summed E-state index contributed by atoms with van der Waals surface area (Å²) in [6, 6.07) is 9.79. The number of hydrogen-bond donors (Lipinski definition) is 0. The predicted octanol–water partition coefficient (Wildman–Crippen LogP) is 4.09.